The van der Waals surface area contributed by atoms with E-state index in [4.69, 9.17) is 16.3 Å². The summed E-state index contributed by atoms with van der Waals surface area (Å²) in [6.07, 6.45) is -0.798. The first-order valence-corrected chi connectivity index (χ1v) is 7.38. The number of amides is 2. The monoisotopic (exact) mass is 324 g/mol. The molecule has 0 aliphatic rings. The maximum atomic E-state index is 11.8. The molecule has 0 bridgehead atoms. The highest BCUT2D eigenvalue weighted by Gasteiger charge is 2.17. The van der Waals surface area contributed by atoms with Crippen molar-refractivity contribution >= 4 is 34.8 Å². The summed E-state index contributed by atoms with van der Waals surface area (Å²) in [5, 5.41) is 2.19. The second kappa shape index (κ2) is 7.10. The van der Waals surface area contributed by atoms with E-state index in [0.29, 0.717) is 15.6 Å². The van der Waals surface area contributed by atoms with Gasteiger partial charge in [0.2, 0.25) is 0 Å². The van der Waals surface area contributed by atoms with Crippen LogP contribution < -0.4 is 15.6 Å². The molecule has 0 fully saturated rings. The lowest BCUT2D eigenvalue weighted by atomic mass is 10.3. The molecule has 2 amide bonds. The highest BCUT2D eigenvalue weighted by molar-refractivity contribution is 7.12. The van der Waals surface area contributed by atoms with Crippen molar-refractivity contribution in [1.82, 2.24) is 10.9 Å². The summed E-state index contributed by atoms with van der Waals surface area (Å²) < 4.78 is 5.44. The summed E-state index contributed by atoms with van der Waals surface area (Å²) >= 11 is 7.23. The minimum absolute atomic E-state index is 0.372. The molecule has 0 saturated carbocycles. The lowest BCUT2D eigenvalue weighted by Crippen LogP contribution is -2.47. The number of carbonyl (C=O) groups is 2. The number of carbonyl (C=O) groups excluding carboxylic acids is 2. The summed E-state index contributed by atoms with van der Waals surface area (Å²) in [5.41, 5.74) is 4.64. The van der Waals surface area contributed by atoms with Crippen molar-refractivity contribution in [2.24, 2.45) is 0 Å². The SMILES string of the molecule is CC(Oc1ccccc1Cl)C(=O)NNC(=O)c1cccs1. The maximum absolute atomic E-state index is 11.8. The lowest BCUT2D eigenvalue weighted by molar-refractivity contribution is -0.128. The molecule has 1 atom stereocenters. The van der Waals surface area contributed by atoms with Gasteiger partial charge in [0, 0.05) is 0 Å². The molecule has 0 spiro atoms. The van der Waals surface area contributed by atoms with Crippen LogP contribution in [-0.4, -0.2) is 17.9 Å². The van der Waals surface area contributed by atoms with Crippen LogP contribution >= 0.6 is 22.9 Å². The van der Waals surface area contributed by atoms with E-state index in [1.807, 2.05) is 0 Å². The van der Waals surface area contributed by atoms with Crippen LogP contribution in [0.15, 0.2) is 41.8 Å². The molecule has 5 nitrogen and oxygen atoms in total. The predicted molar refractivity (Wildman–Crippen MR) is 81.5 cm³/mol. The van der Waals surface area contributed by atoms with Crippen molar-refractivity contribution in [3.63, 3.8) is 0 Å². The van der Waals surface area contributed by atoms with Gasteiger partial charge in [-0.3, -0.25) is 20.4 Å². The first-order chi connectivity index (χ1) is 10.1. The van der Waals surface area contributed by atoms with Crippen LogP contribution in [0.1, 0.15) is 16.6 Å². The number of ether oxygens (including phenoxy) is 1. The van der Waals surface area contributed by atoms with Crippen molar-refractivity contribution in [2.45, 2.75) is 13.0 Å². The Morgan fingerprint density at radius 2 is 1.95 bits per heavy atom. The second-order valence-electron chi connectivity index (χ2n) is 4.11. The van der Waals surface area contributed by atoms with Gasteiger partial charge in [-0.05, 0) is 30.5 Å². The van der Waals surface area contributed by atoms with Gasteiger partial charge in [-0.2, -0.15) is 0 Å². The number of thiophene rings is 1. The van der Waals surface area contributed by atoms with Crippen molar-refractivity contribution in [3.05, 3.63) is 51.7 Å². The number of nitrogens with one attached hydrogen (secondary N) is 2. The Morgan fingerprint density at radius 3 is 2.62 bits per heavy atom. The van der Waals surface area contributed by atoms with Crippen molar-refractivity contribution in [1.29, 1.82) is 0 Å². The van der Waals surface area contributed by atoms with Crippen LogP contribution in [0, 0.1) is 0 Å². The quantitative estimate of drug-likeness (QED) is 0.850. The third-order valence-corrected chi connectivity index (χ3v) is 3.73. The first-order valence-electron chi connectivity index (χ1n) is 6.13. The van der Waals surface area contributed by atoms with E-state index in [1.54, 1.807) is 48.7 Å². The maximum Gasteiger partial charge on any atom is 0.279 e. The van der Waals surface area contributed by atoms with Gasteiger partial charge >= 0.3 is 0 Å². The van der Waals surface area contributed by atoms with Gasteiger partial charge in [-0.15, -0.1) is 11.3 Å². The zero-order valence-corrected chi connectivity index (χ0v) is 12.7. The number of rotatable bonds is 4. The van der Waals surface area contributed by atoms with Crippen molar-refractivity contribution in [3.8, 4) is 5.75 Å². The van der Waals surface area contributed by atoms with E-state index in [1.165, 1.54) is 11.3 Å². The molecule has 0 aliphatic carbocycles. The molecule has 0 radical (unpaired) electrons. The van der Waals surface area contributed by atoms with Gasteiger partial charge in [0.15, 0.2) is 6.10 Å². The van der Waals surface area contributed by atoms with E-state index in [2.05, 4.69) is 10.9 Å². The van der Waals surface area contributed by atoms with Crippen LogP contribution in [0.3, 0.4) is 0 Å². The normalized spacial score (nSPS) is 11.5. The molecule has 110 valence electrons. The summed E-state index contributed by atoms with van der Waals surface area (Å²) in [6, 6.07) is 10.3. The Labute approximate surface area is 130 Å². The molecule has 1 heterocycles. The number of hydrogen-bond donors (Lipinski definition) is 2. The smallest absolute Gasteiger partial charge is 0.279 e. The number of halogens is 1. The summed E-state index contributed by atoms with van der Waals surface area (Å²) in [7, 11) is 0. The molecule has 2 N–H and O–H groups in total. The fraction of sp³-hybridized carbons (Fsp3) is 0.143. The largest absolute Gasteiger partial charge is 0.479 e. The van der Waals surface area contributed by atoms with Gasteiger partial charge in [-0.25, -0.2) is 0 Å². The minimum atomic E-state index is -0.798. The zero-order chi connectivity index (χ0) is 15.2. The van der Waals surface area contributed by atoms with E-state index in [0.717, 1.165) is 0 Å². The number of hydrazine groups is 1. The van der Waals surface area contributed by atoms with Crippen LogP contribution in [-0.2, 0) is 4.79 Å². The van der Waals surface area contributed by atoms with Crippen LogP contribution in [0.25, 0.3) is 0 Å². The Morgan fingerprint density at radius 1 is 1.19 bits per heavy atom. The van der Waals surface area contributed by atoms with E-state index >= 15 is 0 Å². The summed E-state index contributed by atoms with van der Waals surface area (Å²) in [5.74, 6) is -0.436. The highest BCUT2D eigenvalue weighted by atomic mass is 35.5. The van der Waals surface area contributed by atoms with Gasteiger partial charge in [0.1, 0.15) is 5.75 Å². The van der Waals surface area contributed by atoms with Crippen LogP contribution in [0.4, 0.5) is 0 Å². The second-order valence-corrected chi connectivity index (χ2v) is 5.47. The number of hydrogen-bond acceptors (Lipinski definition) is 4. The third-order valence-electron chi connectivity index (χ3n) is 2.55. The van der Waals surface area contributed by atoms with Gasteiger partial charge < -0.3 is 4.74 Å². The summed E-state index contributed by atoms with van der Waals surface area (Å²) in [4.78, 5) is 24.0. The van der Waals surface area contributed by atoms with Gasteiger partial charge in [0.25, 0.3) is 11.8 Å². The molecule has 1 aromatic heterocycles. The van der Waals surface area contributed by atoms with E-state index in [-0.39, 0.29) is 5.91 Å². The van der Waals surface area contributed by atoms with E-state index in [9.17, 15) is 9.59 Å². The molecule has 2 aromatic rings. The number of benzene rings is 1. The lowest BCUT2D eigenvalue weighted by Gasteiger charge is -2.15. The fourth-order valence-corrected chi connectivity index (χ4v) is 2.27. The standard InChI is InChI=1S/C14H13ClN2O3S/c1-9(20-11-6-3-2-5-10(11)15)13(18)16-17-14(19)12-7-4-8-21-12/h2-9H,1H3,(H,16,18)(H,17,19). The molecule has 1 unspecified atom stereocenters. The van der Waals surface area contributed by atoms with Gasteiger partial charge in [0.05, 0.1) is 9.90 Å². The number of para-hydroxylation sites is 1. The Kier molecular flexibility index (Phi) is 5.19. The molecule has 2 rings (SSSR count). The summed E-state index contributed by atoms with van der Waals surface area (Å²) in [6.45, 7) is 1.57. The van der Waals surface area contributed by atoms with E-state index < -0.39 is 12.0 Å². The molecule has 7 heteroatoms. The Bertz CT molecular complexity index is 631. The van der Waals surface area contributed by atoms with Crippen LogP contribution in [0.5, 0.6) is 5.75 Å². The topological polar surface area (TPSA) is 67.4 Å². The highest BCUT2D eigenvalue weighted by Crippen LogP contribution is 2.24. The first kappa shape index (κ1) is 15.3. The van der Waals surface area contributed by atoms with Crippen molar-refractivity contribution < 1.29 is 14.3 Å². The molecular weight excluding hydrogens is 312 g/mol. The Hall–Kier alpha value is -2.05. The van der Waals surface area contributed by atoms with Crippen LogP contribution in [0.2, 0.25) is 5.02 Å². The van der Waals surface area contributed by atoms with Gasteiger partial charge in [-0.1, -0.05) is 29.8 Å². The minimum Gasteiger partial charge on any atom is -0.479 e. The Balaban J connectivity index is 1.86. The third kappa shape index (κ3) is 4.21. The molecular formula is C14H13ClN2O3S. The molecule has 1 aromatic carbocycles. The average Bonchev–Trinajstić information content (AvgIpc) is 3.01. The fourth-order valence-electron chi connectivity index (χ4n) is 1.47. The average molecular weight is 325 g/mol. The zero-order valence-electron chi connectivity index (χ0n) is 11.1. The predicted octanol–water partition coefficient (Wildman–Crippen LogP) is 2.63. The molecule has 0 saturated heterocycles. The molecule has 0 aliphatic heterocycles. The van der Waals surface area contributed by atoms with Crippen molar-refractivity contribution in [2.75, 3.05) is 0 Å². The molecule has 21 heavy (non-hydrogen) atoms.